The molecule has 0 aliphatic heterocycles. The van der Waals surface area contributed by atoms with Crippen molar-refractivity contribution >= 4 is 11.8 Å². The lowest BCUT2D eigenvalue weighted by atomic mass is 9.98. The molecule has 0 saturated carbocycles. The Hall–Kier alpha value is -2.02. The van der Waals surface area contributed by atoms with Gasteiger partial charge >= 0.3 is 0 Å². The molecule has 0 saturated heterocycles. The van der Waals surface area contributed by atoms with Gasteiger partial charge in [0.05, 0.1) is 6.04 Å². The average molecular weight is 249 g/mol. The SMILES string of the molecule is CN(c1ccccc1)C1CCC=Cc2ccccc21. The van der Waals surface area contributed by atoms with Gasteiger partial charge in [-0.25, -0.2) is 0 Å². The molecule has 1 aliphatic carbocycles. The van der Waals surface area contributed by atoms with E-state index in [1.807, 2.05) is 0 Å². The minimum Gasteiger partial charge on any atom is -0.368 e. The van der Waals surface area contributed by atoms with Crippen molar-refractivity contribution in [1.29, 1.82) is 0 Å². The summed E-state index contributed by atoms with van der Waals surface area (Å²) in [6.07, 6.45) is 6.85. The topological polar surface area (TPSA) is 3.24 Å². The molecule has 3 rings (SSSR count). The van der Waals surface area contributed by atoms with Gasteiger partial charge in [0.15, 0.2) is 0 Å². The van der Waals surface area contributed by atoms with Crippen molar-refractivity contribution in [3.63, 3.8) is 0 Å². The second kappa shape index (κ2) is 5.31. The predicted molar refractivity (Wildman–Crippen MR) is 82.3 cm³/mol. The van der Waals surface area contributed by atoms with Gasteiger partial charge in [-0.1, -0.05) is 54.6 Å². The first-order valence-corrected chi connectivity index (χ1v) is 6.89. The van der Waals surface area contributed by atoms with Crippen LogP contribution in [-0.4, -0.2) is 7.05 Å². The minimum atomic E-state index is 0.452. The van der Waals surface area contributed by atoms with Crippen molar-refractivity contribution in [2.24, 2.45) is 0 Å². The van der Waals surface area contributed by atoms with Crippen molar-refractivity contribution in [3.8, 4) is 0 Å². The number of hydrogen-bond acceptors (Lipinski definition) is 1. The molecule has 19 heavy (non-hydrogen) atoms. The number of anilines is 1. The first-order chi connectivity index (χ1) is 9.36. The van der Waals surface area contributed by atoms with E-state index in [1.54, 1.807) is 0 Å². The number of para-hydroxylation sites is 1. The number of allylic oxidation sites excluding steroid dienone is 1. The Kier molecular flexibility index (Phi) is 3.37. The zero-order valence-electron chi connectivity index (χ0n) is 11.3. The second-order valence-electron chi connectivity index (χ2n) is 5.07. The molecule has 1 unspecified atom stereocenters. The van der Waals surface area contributed by atoms with Gasteiger partial charge in [-0.2, -0.15) is 0 Å². The summed E-state index contributed by atoms with van der Waals surface area (Å²) in [5.74, 6) is 0. The Morgan fingerprint density at radius 1 is 0.947 bits per heavy atom. The smallest absolute Gasteiger partial charge is 0.0548 e. The number of benzene rings is 2. The highest BCUT2D eigenvalue weighted by Crippen LogP contribution is 2.33. The van der Waals surface area contributed by atoms with E-state index in [0.717, 1.165) is 6.42 Å². The van der Waals surface area contributed by atoms with Gasteiger partial charge in [-0.15, -0.1) is 0 Å². The number of nitrogens with zero attached hydrogens (tertiary/aromatic N) is 1. The fourth-order valence-electron chi connectivity index (χ4n) is 2.83. The van der Waals surface area contributed by atoms with Crippen LogP contribution in [0.15, 0.2) is 60.7 Å². The average Bonchev–Trinajstić information content (AvgIpc) is 2.70. The van der Waals surface area contributed by atoms with Crippen LogP contribution in [0.25, 0.3) is 6.08 Å². The van der Waals surface area contributed by atoms with E-state index in [-0.39, 0.29) is 0 Å². The largest absolute Gasteiger partial charge is 0.368 e. The van der Waals surface area contributed by atoms with Gasteiger partial charge in [-0.05, 0) is 36.1 Å². The normalized spacial score (nSPS) is 17.6. The first-order valence-electron chi connectivity index (χ1n) is 6.89. The van der Waals surface area contributed by atoms with Crippen LogP contribution in [0, 0.1) is 0 Å². The van der Waals surface area contributed by atoms with Crippen molar-refractivity contribution in [2.75, 3.05) is 11.9 Å². The summed E-state index contributed by atoms with van der Waals surface area (Å²) in [7, 11) is 2.20. The maximum atomic E-state index is 2.39. The third-order valence-corrected chi connectivity index (χ3v) is 3.89. The third-order valence-electron chi connectivity index (χ3n) is 3.89. The van der Waals surface area contributed by atoms with Crippen LogP contribution in [0.3, 0.4) is 0 Å². The highest BCUT2D eigenvalue weighted by atomic mass is 15.1. The monoisotopic (exact) mass is 249 g/mol. The van der Waals surface area contributed by atoms with Crippen LogP contribution in [0.5, 0.6) is 0 Å². The van der Waals surface area contributed by atoms with Crippen LogP contribution in [0.4, 0.5) is 5.69 Å². The molecule has 0 fully saturated rings. The molecule has 0 N–H and O–H groups in total. The van der Waals surface area contributed by atoms with Gasteiger partial charge in [-0.3, -0.25) is 0 Å². The molecule has 0 bridgehead atoms. The van der Waals surface area contributed by atoms with E-state index in [4.69, 9.17) is 0 Å². The van der Waals surface area contributed by atoms with E-state index in [1.165, 1.54) is 23.2 Å². The molecule has 1 atom stereocenters. The molecule has 2 aromatic rings. The lowest BCUT2D eigenvalue weighted by molar-refractivity contribution is 0.623. The molecule has 96 valence electrons. The van der Waals surface area contributed by atoms with Gasteiger partial charge < -0.3 is 4.90 Å². The van der Waals surface area contributed by atoms with Gasteiger partial charge in [0.1, 0.15) is 0 Å². The maximum absolute atomic E-state index is 2.39. The molecule has 0 spiro atoms. The summed E-state index contributed by atoms with van der Waals surface area (Å²) in [5.41, 5.74) is 4.07. The van der Waals surface area contributed by atoms with E-state index in [9.17, 15) is 0 Å². The number of rotatable bonds is 2. The molecular weight excluding hydrogens is 230 g/mol. The highest BCUT2D eigenvalue weighted by molar-refractivity contribution is 5.58. The molecular formula is C18H19N. The maximum Gasteiger partial charge on any atom is 0.0548 e. The Morgan fingerprint density at radius 3 is 2.53 bits per heavy atom. The first kappa shape index (κ1) is 12.0. The van der Waals surface area contributed by atoms with E-state index >= 15 is 0 Å². The number of hydrogen-bond donors (Lipinski definition) is 0. The van der Waals surface area contributed by atoms with Crippen molar-refractivity contribution in [1.82, 2.24) is 0 Å². The molecule has 1 aliphatic rings. The van der Waals surface area contributed by atoms with Crippen LogP contribution < -0.4 is 4.90 Å². The fraction of sp³-hybridized carbons (Fsp3) is 0.222. The molecule has 2 aromatic carbocycles. The minimum absolute atomic E-state index is 0.452. The zero-order valence-corrected chi connectivity index (χ0v) is 11.3. The van der Waals surface area contributed by atoms with E-state index in [2.05, 4.69) is 78.7 Å². The summed E-state index contributed by atoms with van der Waals surface area (Å²) >= 11 is 0. The van der Waals surface area contributed by atoms with Crippen molar-refractivity contribution in [3.05, 3.63) is 71.8 Å². The fourth-order valence-corrected chi connectivity index (χ4v) is 2.83. The molecule has 0 amide bonds. The Labute approximate surface area is 115 Å². The van der Waals surface area contributed by atoms with Crippen LogP contribution in [-0.2, 0) is 0 Å². The van der Waals surface area contributed by atoms with Crippen LogP contribution in [0.1, 0.15) is 30.0 Å². The zero-order chi connectivity index (χ0) is 13.1. The molecule has 1 heteroatoms. The van der Waals surface area contributed by atoms with E-state index < -0.39 is 0 Å². The summed E-state index contributed by atoms with van der Waals surface area (Å²) in [5, 5.41) is 0. The van der Waals surface area contributed by atoms with Gasteiger partial charge in [0.2, 0.25) is 0 Å². The molecule has 0 aromatic heterocycles. The summed E-state index contributed by atoms with van der Waals surface area (Å²) in [4.78, 5) is 2.39. The van der Waals surface area contributed by atoms with Gasteiger partial charge in [0.25, 0.3) is 0 Å². The lowest BCUT2D eigenvalue weighted by Crippen LogP contribution is -2.24. The number of fused-ring (bicyclic) bond motifs is 1. The predicted octanol–water partition coefficient (Wildman–Crippen LogP) is 4.67. The van der Waals surface area contributed by atoms with Crippen molar-refractivity contribution < 1.29 is 0 Å². The van der Waals surface area contributed by atoms with Gasteiger partial charge in [0, 0.05) is 12.7 Å². The summed E-state index contributed by atoms with van der Waals surface area (Å²) in [6, 6.07) is 19.8. The Balaban J connectivity index is 1.98. The second-order valence-corrected chi connectivity index (χ2v) is 5.07. The molecule has 0 heterocycles. The molecule has 1 nitrogen and oxygen atoms in total. The summed E-state index contributed by atoms with van der Waals surface area (Å²) < 4.78 is 0. The standard InChI is InChI=1S/C18H19N/c1-19(16-11-3-2-4-12-16)18-14-8-6-10-15-9-5-7-13-17(15)18/h2-7,9-13,18H,8,14H2,1H3. The van der Waals surface area contributed by atoms with E-state index in [0.29, 0.717) is 6.04 Å². The lowest BCUT2D eigenvalue weighted by Gasteiger charge is -2.30. The summed E-state index contributed by atoms with van der Waals surface area (Å²) in [6.45, 7) is 0. The highest BCUT2D eigenvalue weighted by Gasteiger charge is 2.20. The Bertz CT molecular complexity index is 571. The Morgan fingerprint density at radius 2 is 1.68 bits per heavy atom. The quantitative estimate of drug-likeness (QED) is 0.747. The molecule has 0 radical (unpaired) electrons. The van der Waals surface area contributed by atoms with Crippen molar-refractivity contribution in [2.45, 2.75) is 18.9 Å². The third kappa shape index (κ3) is 2.41. The van der Waals surface area contributed by atoms with Crippen LogP contribution in [0.2, 0.25) is 0 Å². The van der Waals surface area contributed by atoms with Crippen LogP contribution >= 0.6 is 0 Å².